The van der Waals surface area contributed by atoms with E-state index in [4.69, 9.17) is 27.9 Å². The largest absolute Gasteiger partial charge is 0.466 e. The van der Waals surface area contributed by atoms with Crippen molar-refractivity contribution in [3.63, 3.8) is 0 Å². The number of nitrogens with zero attached hydrogens (tertiary/aromatic N) is 3. The molecule has 112 valence electrons. The van der Waals surface area contributed by atoms with Crippen molar-refractivity contribution in [1.82, 2.24) is 9.97 Å². The number of hydrogen-bond donors (Lipinski definition) is 0. The molecular formula is C13H19Cl2N3O2. The van der Waals surface area contributed by atoms with Crippen LogP contribution in [-0.2, 0) is 9.53 Å². The van der Waals surface area contributed by atoms with Gasteiger partial charge in [-0.3, -0.25) is 4.79 Å². The highest BCUT2D eigenvalue weighted by atomic mass is 35.5. The van der Waals surface area contributed by atoms with Crippen LogP contribution in [0.25, 0.3) is 0 Å². The second-order valence-corrected chi connectivity index (χ2v) is 5.08. The summed E-state index contributed by atoms with van der Waals surface area (Å²) in [6, 6.07) is 1.70. The quantitative estimate of drug-likeness (QED) is 0.318. The third kappa shape index (κ3) is 6.39. The van der Waals surface area contributed by atoms with Crippen LogP contribution in [0.1, 0.15) is 33.1 Å². The standard InChI is InChI=1S/C13H19Cl2N3O2/c1-3-6-18(7-4-5-8-20-10(2)19)12-9-11(14)16-13(15)17-12/h9H,3-8H2,1-2H3. The topological polar surface area (TPSA) is 55.3 Å². The molecule has 1 rings (SSSR count). The predicted octanol–water partition coefficient (Wildman–Crippen LogP) is 3.34. The zero-order chi connectivity index (χ0) is 15.0. The maximum absolute atomic E-state index is 10.7. The molecule has 0 fully saturated rings. The number of rotatable bonds is 8. The van der Waals surface area contributed by atoms with E-state index in [9.17, 15) is 4.79 Å². The van der Waals surface area contributed by atoms with Gasteiger partial charge in [-0.05, 0) is 30.9 Å². The van der Waals surface area contributed by atoms with Crippen LogP contribution in [-0.4, -0.2) is 35.6 Å². The zero-order valence-electron chi connectivity index (χ0n) is 11.7. The Morgan fingerprint density at radius 2 is 2.05 bits per heavy atom. The third-order valence-corrected chi connectivity index (χ3v) is 2.96. The highest BCUT2D eigenvalue weighted by molar-refractivity contribution is 6.32. The summed E-state index contributed by atoms with van der Waals surface area (Å²) in [7, 11) is 0. The fraction of sp³-hybridized carbons (Fsp3) is 0.615. The minimum Gasteiger partial charge on any atom is -0.466 e. The molecule has 0 radical (unpaired) electrons. The van der Waals surface area contributed by atoms with E-state index in [0.717, 1.165) is 38.2 Å². The molecule has 0 saturated carbocycles. The number of halogens is 2. The van der Waals surface area contributed by atoms with Crippen molar-refractivity contribution < 1.29 is 9.53 Å². The van der Waals surface area contributed by atoms with Crippen LogP contribution >= 0.6 is 23.2 Å². The second-order valence-electron chi connectivity index (χ2n) is 4.35. The Balaban J connectivity index is 2.53. The molecule has 1 heterocycles. The predicted molar refractivity (Wildman–Crippen MR) is 80.4 cm³/mol. The lowest BCUT2D eigenvalue weighted by molar-refractivity contribution is -0.141. The first kappa shape index (κ1) is 17.0. The second kappa shape index (κ2) is 8.97. The van der Waals surface area contributed by atoms with Crippen LogP contribution in [0.5, 0.6) is 0 Å². The van der Waals surface area contributed by atoms with Crippen molar-refractivity contribution in [1.29, 1.82) is 0 Å². The van der Waals surface area contributed by atoms with Crippen molar-refractivity contribution >= 4 is 35.0 Å². The average Bonchev–Trinajstić information content (AvgIpc) is 2.35. The summed E-state index contributed by atoms with van der Waals surface area (Å²) in [6.45, 7) is 5.61. The first-order valence-corrected chi connectivity index (χ1v) is 7.37. The van der Waals surface area contributed by atoms with Gasteiger partial charge in [0.2, 0.25) is 5.28 Å². The maximum Gasteiger partial charge on any atom is 0.302 e. The Morgan fingerprint density at radius 3 is 2.65 bits per heavy atom. The van der Waals surface area contributed by atoms with Gasteiger partial charge in [0, 0.05) is 26.1 Å². The average molecular weight is 320 g/mol. The molecule has 0 aromatic carbocycles. The molecule has 0 bridgehead atoms. The number of carbonyl (C=O) groups is 1. The molecule has 1 aromatic heterocycles. The van der Waals surface area contributed by atoms with Crippen LogP contribution in [0.4, 0.5) is 5.82 Å². The molecule has 0 aliphatic heterocycles. The Morgan fingerprint density at radius 1 is 1.30 bits per heavy atom. The molecule has 1 aromatic rings. The Kier molecular flexibility index (Phi) is 7.62. The number of unbranched alkanes of at least 4 members (excludes halogenated alkanes) is 1. The van der Waals surface area contributed by atoms with Crippen LogP contribution in [0, 0.1) is 0 Å². The van der Waals surface area contributed by atoms with Gasteiger partial charge in [0.05, 0.1) is 6.61 Å². The molecule has 0 atom stereocenters. The molecule has 7 heteroatoms. The summed E-state index contributed by atoms with van der Waals surface area (Å²) in [5, 5.41) is 0.481. The molecule has 0 spiro atoms. The normalized spacial score (nSPS) is 10.4. The molecule has 20 heavy (non-hydrogen) atoms. The van der Waals surface area contributed by atoms with Gasteiger partial charge < -0.3 is 9.64 Å². The van der Waals surface area contributed by atoms with E-state index in [-0.39, 0.29) is 11.3 Å². The Hall–Kier alpha value is -1.07. The lowest BCUT2D eigenvalue weighted by Gasteiger charge is -2.23. The number of anilines is 1. The summed E-state index contributed by atoms with van der Waals surface area (Å²) in [6.07, 6.45) is 2.70. The smallest absolute Gasteiger partial charge is 0.302 e. The minimum absolute atomic E-state index is 0.147. The molecule has 0 unspecified atom stereocenters. The number of hydrogen-bond acceptors (Lipinski definition) is 5. The van der Waals surface area contributed by atoms with Gasteiger partial charge in [-0.25, -0.2) is 9.97 Å². The van der Waals surface area contributed by atoms with E-state index >= 15 is 0 Å². The fourth-order valence-corrected chi connectivity index (χ4v) is 2.17. The lowest BCUT2D eigenvalue weighted by Crippen LogP contribution is -2.26. The molecule has 0 aliphatic rings. The maximum atomic E-state index is 10.7. The molecule has 0 N–H and O–H groups in total. The number of ether oxygens (including phenoxy) is 1. The molecule has 0 aliphatic carbocycles. The van der Waals surface area contributed by atoms with E-state index in [0.29, 0.717) is 11.8 Å². The summed E-state index contributed by atoms with van der Waals surface area (Å²) in [5.74, 6) is 0.481. The highest BCUT2D eigenvalue weighted by Crippen LogP contribution is 2.19. The Labute approximate surface area is 129 Å². The zero-order valence-corrected chi connectivity index (χ0v) is 13.2. The van der Waals surface area contributed by atoms with Gasteiger partial charge >= 0.3 is 5.97 Å². The SMILES string of the molecule is CCCN(CCCCOC(C)=O)c1cc(Cl)nc(Cl)n1. The van der Waals surface area contributed by atoms with Crippen molar-refractivity contribution in [2.24, 2.45) is 0 Å². The fourth-order valence-electron chi connectivity index (χ4n) is 1.77. The number of esters is 1. The monoisotopic (exact) mass is 319 g/mol. The molecular weight excluding hydrogens is 301 g/mol. The van der Waals surface area contributed by atoms with E-state index in [1.165, 1.54) is 6.92 Å². The summed E-state index contributed by atoms with van der Waals surface area (Å²) in [5.41, 5.74) is 0. The van der Waals surface area contributed by atoms with Crippen molar-refractivity contribution in [2.75, 3.05) is 24.6 Å². The van der Waals surface area contributed by atoms with E-state index in [2.05, 4.69) is 21.8 Å². The van der Waals surface area contributed by atoms with Gasteiger partial charge in [-0.2, -0.15) is 0 Å². The van der Waals surface area contributed by atoms with Gasteiger partial charge in [0.1, 0.15) is 11.0 Å². The summed E-state index contributed by atoms with van der Waals surface area (Å²) >= 11 is 11.7. The van der Waals surface area contributed by atoms with Crippen LogP contribution in [0.15, 0.2) is 6.07 Å². The van der Waals surface area contributed by atoms with Crippen molar-refractivity contribution in [3.8, 4) is 0 Å². The first-order valence-electron chi connectivity index (χ1n) is 6.61. The first-order chi connectivity index (χ1) is 9.52. The minimum atomic E-state index is -0.246. The van der Waals surface area contributed by atoms with Crippen molar-refractivity contribution in [3.05, 3.63) is 16.5 Å². The van der Waals surface area contributed by atoms with E-state index in [1.54, 1.807) is 6.07 Å². The van der Waals surface area contributed by atoms with Gasteiger partial charge in [0.15, 0.2) is 0 Å². The molecule has 5 nitrogen and oxygen atoms in total. The van der Waals surface area contributed by atoms with Crippen molar-refractivity contribution in [2.45, 2.75) is 33.1 Å². The Bertz CT molecular complexity index is 423. The van der Waals surface area contributed by atoms with Crippen LogP contribution in [0.3, 0.4) is 0 Å². The van der Waals surface area contributed by atoms with Gasteiger partial charge in [-0.1, -0.05) is 18.5 Å². The van der Waals surface area contributed by atoms with Crippen LogP contribution < -0.4 is 4.90 Å². The van der Waals surface area contributed by atoms with E-state index in [1.807, 2.05) is 0 Å². The summed E-state index contributed by atoms with van der Waals surface area (Å²) < 4.78 is 4.90. The number of carbonyl (C=O) groups excluding carboxylic acids is 1. The van der Waals surface area contributed by atoms with Gasteiger partial charge in [0.25, 0.3) is 0 Å². The number of aromatic nitrogens is 2. The van der Waals surface area contributed by atoms with Crippen LogP contribution in [0.2, 0.25) is 10.4 Å². The van der Waals surface area contributed by atoms with E-state index < -0.39 is 0 Å². The lowest BCUT2D eigenvalue weighted by atomic mass is 10.3. The highest BCUT2D eigenvalue weighted by Gasteiger charge is 2.10. The summed E-state index contributed by atoms with van der Waals surface area (Å²) in [4.78, 5) is 20.8. The molecule has 0 amide bonds. The van der Waals surface area contributed by atoms with Gasteiger partial charge in [-0.15, -0.1) is 0 Å². The molecule has 0 saturated heterocycles. The third-order valence-electron chi connectivity index (χ3n) is 2.60.